The molecule has 2 aromatic carbocycles. The second kappa shape index (κ2) is 5.98. The quantitative estimate of drug-likeness (QED) is 0.607. The Labute approximate surface area is 106 Å². The molecule has 0 aliphatic heterocycles. The SMILES string of the molecule is CC(OOC(=O)c1ccccc1)c1ccccc1. The molecule has 2 rings (SSSR count). The van der Waals surface area contributed by atoms with Gasteiger partial charge in [-0.05, 0) is 24.6 Å². The summed E-state index contributed by atoms with van der Waals surface area (Å²) in [4.78, 5) is 21.5. The molecule has 0 heterocycles. The van der Waals surface area contributed by atoms with Gasteiger partial charge in [0.2, 0.25) is 0 Å². The Bertz CT molecular complexity index is 494. The molecule has 0 saturated heterocycles. The van der Waals surface area contributed by atoms with E-state index in [1.165, 1.54) is 0 Å². The van der Waals surface area contributed by atoms with Crippen molar-refractivity contribution in [3.05, 3.63) is 71.8 Å². The summed E-state index contributed by atoms with van der Waals surface area (Å²) in [5.74, 6) is -0.488. The lowest BCUT2D eigenvalue weighted by atomic mass is 10.1. The predicted molar refractivity (Wildman–Crippen MR) is 67.8 cm³/mol. The third kappa shape index (κ3) is 3.18. The van der Waals surface area contributed by atoms with E-state index in [1.54, 1.807) is 24.3 Å². The highest BCUT2D eigenvalue weighted by atomic mass is 17.2. The summed E-state index contributed by atoms with van der Waals surface area (Å²) in [6.45, 7) is 1.83. The Morgan fingerprint density at radius 1 is 0.944 bits per heavy atom. The Morgan fingerprint density at radius 2 is 1.50 bits per heavy atom. The van der Waals surface area contributed by atoms with Crippen molar-refractivity contribution in [2.75, 3.05) is 0 Å². The van der Waals surface area contributed by atoms with Crippen LogP contribution in [0.5, 0.6) is 0 Å². The molecule has 0 amide bonds. The molecule has 1 atom stereocenters. The number of carbonyl (C=O) groups excluding carboxylic acids is 1. The van der Waals surface area contributed by atoms with E-state index in [9.17, 15) is 4.79 Å². The van der Waals surface area contributed by atoms with Crippen molar-refractivity contribution in [3.8, 4) is 0 Å². The number of rotatable bonds is 4. The maximum atomic E-state index is 11.6. The van der Waals surface area contributed by atoms with Gasteiger partial charge in [0.1, 0.15) is 6.10 Å². The second-order valence-corrected chi connectivity index (χ2v) is 3.89. The van der Waals surface area contributed by atoms with E-state index >= 15 is 0 Å². The number of hydrogen-bond acceptors (Lipinski definition) is 3. The molecule has 0 fully saturated rings. The highest BCUT2D eigenvalue weighted by Gasteiger charge is 2.11. The third-order valence-corrected chi connectivity index (χ3v) is 2.55. The van der Waals surface area contributed by atoms with Gasteiger partial charge in [0.05, 0.1) is 5.56 Å². The standard InChI is InChI=1S/C15H14O3/c1-12(13-8-4-2-5-9-13)17-18-15(16)14-10-6-3-7-11-14/h2-12H,1H3. The molecule has 0 saturated carbocycles. The van der Waals surface area contributed by atoms with Crippen LogP contribution in [0.1, 0.15) is 28.9 Å². The van der Waals surface area contributed by atoms with Gasteiger partial charge in [-0.2, -0.15) is 4.89 Å². The summed E-state index contributed by atoms with van der Waals surface area (Å²) in [6, 6.07) is 18.3. The van der Waals surface area contributed by atoms with Crippen molar-refractivity contribution in [1.82, 2.24) is 0 Å². The summed E-state index contributed by atoms with van der Waals surface area (Å²) >= 11 is 0. The monoisotopic (exact) mass is 242 g/mol. The van der Waals surface area contributed by atoms with Crippen molar-refractivity contribution in [3.63, 3.8) is 0 Å². The molecule has 2 aromatic rings. The van der Waals surface area contributed by atoms with Crippen LogP contribution in [0.15, 0.2) is 60.7 Å². The summed E-state index contributed by atoms with van der Waals surface area (Å²) in [7, 11) is 0. The van der Waals surface area contributed by atoms with Crippen molar-refractivity contribution in [2.24, 2.45) is 0 Å². The lowest BCUT2D eigenvalue weighted by molar-refractivity contribution is -0.273. The fourth-order valence-electron chi connectivity index (χ4n) is 1.52. The first-order valence-corrected chi connectivity index (χ1v) is 5.75. The Balaban J connectivity index is 1.91. The van der Waals surface area contributed by atoms with Gasteiger partial charge in [-0.15, -0.1) is 0 Å². The van der Waals surface area contributed by atoms with E-state index in [-0.39, 0.29) is 6.10 Å². The molecule has 0 aromatic heterocycles. The van der Waals surface area contributed by atoms with Crippen LogP contribution in [0, 0.1) is 0 Å². The van der Waals surface area contributed by atoms with Gasteiger partial charge in [0.15, 0.2) is 0 Å². The van der Waals surface area contributed by atoms with Crippen LogP contribution < -0.4 is 0 Å². The van der Waals surface area contributed by atoms with E-state index in [0.717, 1.165) is 5.56 Å². The van der Waals surface area contributed by atoms with Gasteiger partial charge in [-0.25, -0.2) is 4.79 Å². The fourth-order valence-corrected chi connectivity index (χ4v) is 1.52. The molecule has 0 spiro atoms. The van der Waals surface area contributed by atoms with Gasteiger partial charge in [-0.1, -0.05) is 48.5 Å². The predicted octanol–water partition coefficient (Wildman–Crippen LogP) is 3.54. The summed E-state index contributed by atoms with van der Waals surface area (Å²) < 4.78 is 0. The van der Waals surface area contributed by atoms with E-state index in [0.29, 0.717) is 5.56 Å². The van der Waals surface area contributed by atoms with E-state index < -0.39 is 5.97 Å². The van der Waals surface area contributed by atoms with E-state index in [2.05, 4.69) is 0 Å². The van der Waals surface area contributed by atoms with Crippen molar-refractivity contribution < 1.29 is 14.6 Å². The van der Waals surface area contributed by atoms with Crippen LogP contribution in [-0.2, 0) is 9.78 Å². The van der Waals surface area contributed by atoms with Crippen LogP contribution in [0.25, 0.3) is 0 Å². The van der Waals surface area contributed by atoms with Gasteiger partial charge in [-0.3, -0.25) is 4.89 Å². The molecule has 0 radical (unpaired) electrons. The van der Waals surface area contributed by atoms with Crippen LogP contribution in [0.4, 0.5) is 0 Å². The summed E-state index contributed by atoms with van der Waals surface area (Å²) in [6.07, 6.45) is -0.293. The lowest BCUT2D eigenvalue weighted by Gasteiger charge is -2.11. The van der Waals surface area contributed by atoms with Crippen LogP contribution in [0.3, 0.4) is 0 Å². The highest BCUT2D eigenvalue weighted by molar-refractivity contribution is 5.88. The van der Waals surface area contributed by atoms with Gasteiger partial charge >= 0.3 is 5.97 Å². The van der Waals surface area contributed by atoms with Crippen LogP contribution in [-0.4, -0.2) is 5.97 Å². The zero-order valence-electron chi connectivity index (χ0n) is 10.1. The second-order valence-electron chi connectivity index (χ2n) is 3.89. The minimum absolute atomic E-state index is 0.293. The molecular formula is C15H14O3. The minimum atomic E-state index is -0.488. The molecule has 0 aliphatic carbocycles. The Hall–Kier alpha value is -2.13. The summed E-state index contributed by atoms with van der Waals surface area (Å²) in [5, 5.41) is 0. The van der Waals surface area contributed by atoms with Crippen molar-refractivity contribution in [2.45, 2.75) is 13.0 Å². The van der Waals surface area contributed by atoms with Crippen molar-refractivity contribution >= 4 is 5.97 Å². The zero-order valence-corrected chi connectivity index (χ0v) is 10.1. The highest BCUT2D eigenvalue weighted by Crippen LogP contribution is 2.16. The molecule has 0 aliphatic rings. The fraction of sp³-hybridized carbons (Fsp3) is 0.133. The Morgan fingerprint density at radius 3 is 2.11 bits per heavy atom. The summed E-state index contributed by atoms with van der Waals surface area (Å²) in [5.41, 5.74) is 1.43. The average Bonchev–Trinajstić information content (AvgIpc) is 2.46. The van der Waals surface area contributed by atoms with Crippen molar-refractivity contribution in [1.29, 1.82) is 0 Å². The first kappa shape index (κ1) is 12.3. The maximum absolute atomic E-state index is 11.6. The first-order chi connectivity index (χ1) is 8.77. The molecule has 3 nitrogen and oxygen atoms in total. The lowest BCUT2D eigenvalue weighted by Crippen LogP contribution is -2.08. The van der Waals surface area contributed by atoms with E-state index in [4.69, 9.17) is 9.78 Å². The molecule has 18 heavy (non-hydrogen) atoms. The largest absolute Gasteiger partial charge is 0.373 e. The first-order valence-electron chi connectivity index (χ1n) is 5.75. The van der Waals surface area contributed by atoms with Gasteiger partial charge < -0.3 is 0 Å². The average molecular weight is 242 g/mol. The Kier molecular flexibility index (Phi) is 4.10. The normalized spacial score (nSPS) is 11.8. The molecule has 0 bridgehead atoms. The molecule has 0 N–H and O–H groups in total. The molecule has 92 valence electrons. The molecule has 1 unspecified atom stereocenters. The number of hydrogen-bond donors (Lipinski definition) is 0. The van der Waals surface area contributed by atoms with Gasteiger partial charge in [0.25, 0.3) is 0 Å². The topological polar surface area (TPSA) is 35.5 Å². The third-order valence-electron chi connectivity index (χ3n) is 2.55. The maximum Gasteiger partial charge on any atom is 0.373 e. The number of benzene rings is 2. The zero-order chi connectivity index (χ0) is 12.8. The van der Waals surface area contributed by atoms with Crippen LogP contribution in [0.2, 0.25) is 0 Å². The van der Waals surface area contributed by atoms with Crippen LogP contribution >= 0.6 is 0 Å². The smallest absolute Gasteiger partial charge is 0.292 e. The number of carbonyl (C=O) groups is 1. The van der Waals surface area contributed by atoms with E-state index in [1.807, 2.05) is 43.3 Å². The molecular weight excluding hydrogens is 228 g/mol. The van der Waals surface area contributed by atoms with Gasteiger partial charge in [0, 0.05) is 0 Å². The minimum Gasteiger partial charge on any atom is -0.292 e. The molecule has 3 heteroatoms.